The third kappa shape index (κ3) is 3.57. The van der Waals surface area contributed by atoms with E-state index in [1.807, 2.05) is 0 Å². The number of aromatic nitrogens is 1. The summed E-state index contributed by atoms with van der Waals surface area (Å²) >= 11 is 1.08. The summed E-state index contributed by atoms with van der Waals surface area (Å²) in [5, 5.41) is 2.96. The maximum atomic E-state index is 11.4. The number of terminal acetylenes is 1. The van der Waals surface area contributed by atoms with Crippen molar-refractivity contribution in [1.29, 1.82) is 0 Å². The highest BCUT2D eigenvalue weighted by Gasteiger charge is 2.16. The third-order valence-corrected chi connectivity index (χ3v) is 2.96. The molecule has 1 aromatic heterocycles. The van der Waals surface area contributed by atoms with Crippen LogP contribution >= 0.6 is 11.3 Å². The highest BCUT2D eigenvalue weighted by molar-refractivity contribution is 7.17. The Morgan fingerprint density at radius 1 is 1.59 bits per heavy atom. The molecule has 5 nitrogen and oxygen atoms in total. The maximum absolute atomic E-state index is 11.4. The van der Waals surface area contributed by atoms with E-state index < -0.39 is 5.97 Å². The smallest absolute Gasteiger partial charge is 0.350 e. The minimum Gasteiger partial charge on any atom is -0.465 e. The minimum atomic E-state index is -0.455. The first-order valence-electron chi connectivity index (χ1n) is 4.87. The van der Waals surface area contributed by atoms with Crippen LogP contribution in [0.2, 0.25) is 0 Å². The van der Waals surface area contributed by atoms with Gasteiger partial charge >= 0.3 is 5.97 Å². The molecule has 0 spiro atoms. The molecular weight excluding hydrogens is 240 g/mol. The van der Waals surface area contributed by atoms with Crippen molar-refractivity contribution in [2.75, 3.05) is 12.4 Å². The van der Waals surface area contributed by atoms with E-state index in [2.05, 4.69) is 21.0 Å². The normalized spacial score (nSPS) is 9.47. The lowest BCUT2D eigenvalue weighted by Gasteiger charge is -1.97. The quantitative estimate of drug-likeness (QED) is 0.652. The molecule has 0 aliphatic carbocycles. The van der Waals surface area contributed by atoms with Gasteiger partial charge in [-0.25, -0.2) is 9.78 Å². The number of methoxy groups -OCH3 is 1. The van der Waals surface area contributed by atoms with Crippen LogP contribution < -0.4 is 5.32 Å². The minimum absolute atomic E-state index is 0.215. The Bertz CT molecular complexity index is 474. The molecule has 0 unspecified atom stereocenters. The molecule has 6 heteroatoms. The Kier molecular flexibility index (Phi) is 4.67. The van der Waals surface area contributed by atoms with Crippen molar-refractivity contribution in [1.82, 2.24) is 4.98 Å². The van der Waals surface area contributed by atoms with Crippen LogP contribution in [0.1, 0.15) is 28.2 Å². The van der Waals surface area contributed by atoms with Gasteiger partial charge < -0.3 is 10.1 Å². The van der Waals surface area contributed by atoms with Crippen molar-refractivity contribution in [3.63, 3.8) is 0 Å². The number of hydrogen-bond donors (Lipinski definition) is 1. The monoisotopic (exact) mass is 252 g/mol. The third-order valence-electron chi connectivity index (χ3n) is 1.91. The van der Waals surface area contributed by atoms with E-state index in [0.717, 1.165) is 11.3 Å². The van der Waals surface area contributed by atoms with Crippen molar-refractivity contribution < 1.29 is 14.3 Å². The predicted molar refractivity (Wildman–Crippen MR) is 64.9 cm³/mol. The summed E-state index contributed by atoms with van der Waals surface area (Å²) in [7, 11) is 1.30. The van der Waals surface area contributed by atoms with Crippen molar-refractivity contribution in [3.05, 3.63) is 10.6 Å². The molecule has 0 aliphatic heterocycles. The molecule has 1 N–H and O–H groups in total. The second-order valence-corrected chi connectivity index (χ2v) is 4.18. The van der Waals surface area contributed by atoms with Crippen molar-refractivity contribution in [2.45, 2.75) is 19.8 Å². The number of amides is 1. The van der Waals surface area contributed by atoms with Crippen molar-refractivity contribution in [3.8, 4) is 12.3 Å². The Hall–Kier alpha value is -1.87. The zero-order valence-electron chi connectivity index (χ0n) is 9.57. The van der Waals surface area contributed by atoms with E-state index in [-0.39, 0.29) is 12.3 Å². The highest BCUT2D eigenvalue weighted by Crippen LogP contribution is 2.23. The van der Waals surface area contributed by atoms with Gasteiger partial charge in [0.25, 0.3) is 0 Å². The summed E-state index contributed by atoms with van der Waals surface area (Å²) in [5.74, 6) is 1.71. The zero-order chi connectivity index (χ0) is 12.8. The van der Waals surface area contributed by atoms with E-state index in [4.69, 9.17) is 6.42 Å². The number of hydrogen-bond acceptors (Lipinski definition) is 5. The molecule has 0 saturated heterocycles. The fourth-order valence-corrected chi connectivity index (χ4v) is 2.00. The molecule has 0 aromatic carbocycles. The van der Waals surface area contributed by atoms with Gasteiger partial charge in [-0.1, -0.05) is 11.3 Å². The summed E-state index contributed by atoms with van der Waals surface area (Å²) in [6.07, 6.45) is 5.67. The molecule has 1 amide bonds. The van der Waals surface area contributed by atoms with Crippen LogP contribution in [0.25, 0.3) is 0 Å². The average molecular weight is 252 g/mol. The van der Waals surface area contributed by atoms with Gasteiger partial charge in [-0.2, -0.15) is 0 Å². The Morgan fingerprint density at radius 3 is 2.88 bits per heavy atom. The summed E-state index contributed by atoms with van der Waals surface area (Å²) in [6.45, 7) is 1.68. The molecule has 1 aromatic rings. The number of carbonyl (C=O) groups excluding carboxylic acids is 2. The first-order chi connectivity index (χ1) is 8.08. The fraction of sp³-hybridized carbons (Fsp3) is 0.364. The number of carbonyl (C=O) groups is 2. The van der Waals surface area contributed by atoms with Crippen LogP contribution in [0.3, 0.4) is 0 Å². The maximum Gasteiger partial charge on any atom is 0.350 e. The van der Waals surface area contributed by atoms with Gasteiger partial charge in [0.1, 0.15) is 4.88 Å². The number of ether oxygens (including phenoxy) is 1. The van der Waals surface area contributed by atoms with Crippen LogP contribution in [-0.2, 0) is 9.53 Å². The second-order valence-electron chi connectivity index (χ2n) is 3.18. The van der Waals surface area contributed by atoms with Crippen LogP contribution in [0.4, 0.5) is 5.13 Å². The van der Waals surface area contributed by atoms with Crippen molar-refractivity contribution in [2.24, 2.45) is 0 Å². The number of nitrogens with one attached hydrogen (secondary N) is 1. The lowest BCUT2D eigenvalue weighted by atomic mass is 10.3. The summed E-state index contributed by atoms with van der Waals surface area (Å²) < 4.78 is 4.59. The SMILES string of the molecule is C#CCCC(=O)Nc1nc(C)c(C(=O)OC)s1. The van der Waals surface area contributed by atoms with E-state index in [1.54, 1.807) is 6.92 Å². The molecular formula is C11H12N2O3S. The number of rotatable bonds is 4. The summed E-state index contributed by atoms with van der Waals surface area (Å²) in [4.78, 5) is 27.1. The van der Waals surface area contributed by atoms with Crippen LogP contribution in [-0.4, -0.2) is 24.0 Å². The second kappa shape index (κ2) is 6.01. The van der Waals surface area contributed by atoms with Gasteiger partial charge in [0, 0.05) is 12.8 Å². The van der Waals surface area contributed by atoms with Gasteiger partial charge in [0.2, 0.25) is 5.91 Å². The summed E-state index contributed by atoms with van der Waals surface area (Å²) in [6, 6.07) is 0. The molecule has 90 valence electrons. The molecule has 0 fully saturated rings. The first kappa shape index (κ1) is 13.2. The standard InChI is InChI=1S/C11H12N2O3S/c1-4-5-6-8(14)13-11-12-7(2)9(17-11)10(15)16-3/h1H,5-6H2,2-3H3,(H,12,13,14). The molecule has 0 bridgehead atoms. The molecule has 0 atom stereocenters. The Balaban J connectivity index is 2.71. The number of nitrogens with zero attached hydrogens (tertiary/aromatic N) is 1. The van der Waals surface area contributed by atoms with E-state index >= 15 is 0 Å². The lowest BCUT2D eigenvalue weighted by molar-refractivity contribution is -0.116. The predicted octanol–water partition coefficient (Wildman–Crippen LogP) is 1.59. The Labute approximate surface area is 103 Å². The Morgan fingerprint density at radius 2 is 2.29 bits per heavy atom. The molecule has 1 rings (SSSR count). The van der Waals surface area contributed by atoms with Crippen LogP contribution in [0.15, 0.2) is 0 Å². The van der Waals surface area contributed by atoms with E-state index in [0.29, 0.717) is 22.1 Å². The van der Waals surface area contributed by atoms with Gasteiger partial charge in [-0.3, -0.25) is 4.79 Å². The van der Waals surface area contributed by atoms with Crippen molar-refractivity contribution >= 4 is 28.3 Å². The average Bonchev–Trinajstić information content (AvgIpc) is 2.66. The zero-order valence-corrected chi connectivity index (χ0v) is 10.4. The van der Waals surface area contributed by atoms with Gasteiger partial charge in [-0.05, 0) is 6.92 Å². The van der Waals surface area contributed by atoms with Gasteiger partial charge in [0.15, 0.2) is 5.13 Å². The molecule has 1 heterocycles. The fourth-order valence-electron chi connectivity index (χ4n) is 1.10. The number of esters is 1. The van der Waals surface area contributed by atoms with Crippen LogP contribution in [0.5, 0.6) is 0 Å². The van der Waals surface area contributed by atoms with E-state index in [9.17, 15) is 9.59 Å². The molecule has 0 saturated carbocycles. The van der Waals surface area contributed by atoms with Gasteiger partial charge in [0.05, 0.1) is 12.8 Å². The molecule has 17 heavy (non-hydrogen) atoms. The van der Waals surface area contributed by atoms with E-state index in [1.165, 1.54) is 7.11 Å². The highest BCUT2D eigenvalue weighted by atomic mass is 32.1. The summed E-state index contributed by atoms with van der Waals surface area (Å²) in [5.41, 5.74) is 0.536. The number of aryl methyl sites for hydroxylation is 1. The first-order valence-corrected chi connectivity index (χ1v) is 5.69. The molecule has 0 aliphatic rings. The largest absolute Gasteiger partial charge is 0.465 e. The number of thiazole rings is 1. The molecule has 0 radical (unpaired) electrons. The number of anilines is 1. The van der Waals surface area contributed by atoms with Crippen LogP contribution in [0, 0.1) is 19.3 Å². The lowest BCUT2D eigenvalue weighted by Crippen LogP contribution is -2.10. The van der Waals surface area contributed by atoms with Gasteiger partial charge in [-0.15, -0.1) is 12.3 Å². The topological polar surface area (TPSA) is 68.3 Å².